The van der Waals surface area contributed by atoms with E-state index in [0.717, 1.165) is 11.3 Å². The van der Waals surface area contributed by atoms with Crippen LogP contribution in [0.3, 0.4) is 0 Å². The molecule has 3 rings (SSSR count). The summed E-state index contributed by atoms with van der Waals surface area (Å²) in [6, 6.07) is 12.3. The van der Waals surface area contributed by atoms with Gasteiger partial charge in [0.1, 0.15) is 5.82 Å². The second-order valence-electron chi connectivity index (χ2n) is 5.84. The Morgan fingerprint density at radius 3 is 2.52 bits per heavy atom. The molecule has 130 valence electrons. The van der Waals surface area contributed by atoms with Gasteiger partial charge >= 0.3 is 6.03 Å². The first-order valence-electron chi connectivity index (χ1n) is 7.86. The number of hydrogen-bond acceptors (Lipinski definition) is 2. The summed E-state index contributed by atoms with van der Waals surface area (Å²) in [7, 11) is 0. The second kappa shape index (κ2) is 7.53. The maximum atomic E-state index is 12.8. The van der Waals surface area contributed by atoms with E-state index in [2.05, 4.69) is 10.6 Å². The molecule has 0 unspecified atom stereocenters. The third-order valence-electron chi connectivity index (χ3n) is 3.96. The van der Waals surface area contributed by atoms with Gasteiger partial charge in [0, 0.05) is 30.2 Å². The predicted molar refractivity (Wildman–Crippen MR) is 94.0 cm³/mol. The highest BCUT2D eigenvalue weighted by Crippen LogP contribution is 2.23. The van der Waals surface area contributed by atoms with Gasteiger partial charge in [0.15, 0.2) is 0 Å². The molecule has 0 spiro atoms. The van der Waals surface area contributed by atoms with E-state index >= 15 is 0 Å². The molecule has 0 radical (unpaired) electrons. The number of carbonyl (C=O) groups excluding carboxylic acids is 2. The minimum Gasteiger partial charge on any atom is -0.334 e. The molecule has 5 nitrogen and oxygen atoms in total. The highest BCUT2D eigenvalue weighted by molar-refractivity contribution is 6.30. The summed E-state index contributed by atoms with van der Waals surface area (Å²) in [4.78, 5) is 25.8. The Hall–Kier alpha value is -2.60. The first kappa shape index (κ1) is 17.2. The van der Waals surface area contributed by atoms with Gasteiger partial charge in [-0.15, -0.1) is 0 Å². The van der Waals surface area contributed by atoms with Crippen LogP contribution in [0, 0.1) is 5.82 Å². The smallest absolute Gasteiger partial charge is 0.315 e. The van der Waals surface area contributed by atoms with E-state index in [9.17, 15) is 14.0 Å². The van der Waals surface area contributed by atoms with Crippen LogP contribution in [-0.2, 0) is 11.3 Å². The molecule has 1 aliphatic heterocycles. The van der Waals surface area contributed by atoms with Crippen LogP contribution in [0.15, 0.2) is 48.5 Å². The van der Waals surface area contributed by atoms with Gasteiger partial charge in [-0.2, -0.15) is 0 Å². The zero-order valence-electron chi connectivity index (χ0n) is 13.3. The molecule has 0 aliphatic carbocycles. The minimum absolute atomic E-state index is 0.0499. The van der Waals surface area contributed by atoms with Crippen molar-refractivity contribution in [1.82, 2.24) is 10.6 Å². The molecule has 3 amide bonds. The maximum absolute atomic E-state index is 12.8. The molecule has 2 N–H and O–H groups in total. The fraction of sp³-hybridized carbons (Fsp3) is 0.222. The van der Waals surface area contributed by atoms with Crippen LogP contribution in [0.1, 0.15) is 12.0 Å². The lowest BCUT2D eigenvalue weighted by Gasteiger charge is -2.17. The van der Waals surface area contributed by atoms with Gasteiger partial charge < -0.3 is 15.5 Å². The maximum Gasteiger partial charge on any atom is 0.315 e. The molecule has 2 aromatic rings. The summed E-state index contributed by atoms with van der Waals surface area (Å²) in [5.41, 5.74) is 1.55. The first-order chi connectivity index (χ1) is 12.0. The molecule has 1 fully saturated rings. The van der Waals surface area contributed by atoms with E-state index in [0.29, 0.717) is 11.6 Å². The van der Waals surface area contributed by atoms with Crippen molar-refractivity contribution in [3.63, 3.8) is 0 Å². The average molecular weight is 362 g/mol. The monoisotopic (exact) mass is 361 g/mol. The minimum atomic E-state index is -0.361. The number of nitrogens with zero attached hydrogens (tertiary/aromatic N) is 1. The molecule has 1 aliphatic rings. The molecule has 0 saturated carbocycles. The number of rotatable bonds is 4. The zero-order valence-corrected chi connectivity index (χ0v) is 14.1. The number of anilines is 1. The van der Waals surface area contributed by atoms with Gasteiger partial charge in [-0.25, -0.2) is 9.18 Å². The number of carbonyl (C=O) groups is 2. The van der Waals surface area contributed by atoms with Crippen LogP contribution >= 0.6 is 11.6 Å². The van der Waals surface area contributed by atoms with Crippen molar-refractivity contribution >= 4 is 29.2 Å². The van der Waals surface area contributed by atoms with Crippen LogP contribution in [0.4, 0.5) is 14.9 Å². The van der Waals surface area contributed by atoms with E-state index in [4.69, 9.17) is 11.6 Å². The van der Waals surface area contributed by atoms with Crippen molar-refractivity contribution < 1.29 is 14.0 Å². The summed E-state index contributed by atoms with van der Waals surface area (Å²) in [5.74, 6) is -0.369. The lowest BCUT2D eigenvalue weighted by atomic mass is 10.2. The number of halogens is 2. The van der Waals surface area contributed by atoms with E-state index < -0.39 is 0 Å². The van der Waals surface area contributed by atoms with Crippen LogP contribution in [0.5, 0.6) is 0 Å². The number of amides is 3. The van der Waals surface area contributed by atoms with Crippen molar-refractivity contribution in [2.24, 2.45) is 0 Å². The molecule has 1 atom stereocenters. The van der Waals surface area contributed by atoms with Crippen molar-refractivity contribution in [2.45, 2.75) is 19.0 Å². The Labute approximate surface area is 149 Å². The Balaban J connectivity index is 1.51. The van der Waals surface area contributed by atoms with Crippen LogP contribution in [0.2, 0.25) is 5.02 Å². The fourth-order valence-electron chi connectivity index (χ4n) is 2.70. The molecule has 1 heterocycles. The van der Waals surface area contributed by atoms with E-state index in [1.807, 2.05) is 0 Å². The van der Waals surface area contributed by atoms with Gasteiger partial charge in [0.25, 0.3) is 0 Å². The quantitative estimate of drug-likeness (QED) is 0.879. The second-order valence-corrected chi connectivity index (χ2v) is 6.27. The Morgan fingerprint density at radius 2 is 1.84 bits per heavy atom. The first-order valence-corrected chi connectivity index (χ1v) is 8.24. The molecule has 1 saturated heterocycles. The molecule has 25 heavy (non-hydrogen) atoms. The highest BCUT2D eigenvalue weighted by atomic mass is 35.5. The van der Waals surface area contributed by atoms with Crippen LogP contribution in [-0.4, -0.2) is 24.5 Å². The van der Waals surface area contributed by atoms with Gasteiger partial charge in [-0.1, -0.05) is 23.7 Å². The third kappa shape index (κ3) is 4.48. The lowest BCUT2D eigenvalue weighted by molar-refractivity contribution is -0.117. The van der Waals surface area contributed by atoms with Crippen molar-refractivity contribution in [3.8, 4) is 0 Å². The zero-order chi connectivity index (χ0) is 17.8. The third-order valence-corrected chi connectivity index (χ3v) is 4.22. The molecule has 0 aromatic heterocycles. The number of urea groups is 1. The number of nitrogens with one attached hydrogen (secondary N) is 2. The highest BCUT2D eigenvalue weighted by Gasteiger charge is 2.31. The normalized spacial score (nSPS) is 16.8. The summed E-state index contributed by atoms with van der Waals surface area (Å²) >= 11 is 5.86. The molecule has 7 heteroatoms. The van der Waals surface area contributed by atoms with E-state index in [1.54, 1.807) is 41.3 Å². The molecule has 0 bridgehead atoms. The number of benzene rings is 2. The van der Waals surface area contributed by atoms with Gasteiger partial charge in [0.2, 0.25) is 5.91 Å². The standard InChI is InChI=1S/C18H17ClFN3O2/c19-13-3-7-16(8-4-13)23-11-15(9-17(23)24)22-18(25)21-10-12-1-5-14(20)6-2-12/h1-8,15H,9-11H2,(H2,21,22,25)/t15-/m0/s1. The van der Waals surface area contributed by atoms with Gasteiger partial charge in [-0.05, 0) is 42.0 Å². The largest absolute Gasteiger partial charge is 0.334 e. The van der Waals surface area contributed by atoms with Gasteiger partial charge in [0.05, 0.1) is 6.04 Å². The number of hydrogen-bond donors (Lipinski definition) is 2. The summed E-state index contributed by atoms with van der Waals surface area (Å²) in [6.07, 6.45) is 0.243. The fourth-order valence-corrected chi connectivity index (χ4v) is 2.82. The van der Waals surface area contributed by atoms with E-state index in [-0.39, 0.29) is 36.8 Å². The topological polar surface area (TPSA) is 61.4 Å². The van der Waals surface area contributed by atoms with E-state index in [1.165, 1.54) is 12.1 Å². The Kier molecular flexibility index (Phi) is 5.19. The lowest BCUT2D eigenvalue weighted by Crippen LogP contribution is -2.43. The Bertz CT molecular complexity index is 765. The van der Waals surface area contributed by atoms with Crippen molar-refractivity contribution in [3.05, 3.63) is 64.9 Å². The average Bonchev–Trinajstić information content (AvgIpc) is 2.95. The van der Waals surface area contributed by atoms with Crippen LogP contribution < -0.4 is 15.5 Å². The van der Waals surface area contributed by atoms with Crippen molar-refractivity contribution in [1.29, 1.82) is 0 Å². The molecule has 2 aromatic carbocycles. The SMILES string of the molecule is O=C(NCc1ccc(F)cc1)N[C@H]1CC(=O)N(c2ccc(Cl)cc2)C1. The predicted octanol–water partition coefficient (Wildman–Crippen LogP) is 3.08. The molecular formula is C18H17ClFN3O2. The summed E-state index contributed by atoms with van der Waals surface area (Å²) in [6.45, 7) is 0.693. The summed E-state index contributed by atoms with van der Waals surface area (Å²) < 4.78 is 12.8. The van der Waals surface area contributed by atoms with Crippen LogP contribution in [0.25, 0.3) is 0 Å². The molecular weight excluding hydrogens is 345 g/mol. The van der Waals surface area contributed by atoms with Crippen molar-refractivity contribution in [2.75, 3.05) is 11.4 Å². The summed E-state index contributed by atoms with van der Waals surface area (Å²) in [5, 5.41) is 6.09. The Morgan fingerprint density at radius 1 is 1.16 bits per heavy atom. The van der Waals surface area contributed by atoms with Gasteiger partial charge in [-0.3, -0.25) is 4.79 Å².